The molecule has 1 fully saturated rings. The molecule has 1 aliphatic rings. The molecule has 0 radical (unpaired) electrons. The van der Waals surface area contributed by atoms with E-state index in [0.717, 1.165) is 12.8 Å². The summed E-state index contributed by atoms with van der Waals surface area (Å²) in [5, 5.41) is 0. The third-order valence-corrected chi connectivity index (χ3v) is 2.77. The van der Waals surface area contributed by atoms with Crippen molar-refractivity contribution in [2.75, 3.05) is 6.54 Å². The fraction of sp³-hybridized carbons (Fsp3) is 0.909. The summed E-state index contributed by atoms with van der Waals surface area (Å²) in [5.74, 6) is 0.168. The van der Waals surface area contributed by atoms with Gasteiger partial charge in [-0.2, -0.15) is 0 Å². The predicted molar refractivity (Wildman–Crippen MR) is 55.8 cm³/mol. The number of carbonyl (C=O) groups excluding carboxylic acids is 1. The summed E-state index contributed by atoms with van der Waals surface area (Å²) in [6.07, 6.45) is 6.42. The second kappa shape index (κ2) is 6.02. The number of nitrogens with two attached hydrogens (primary N) is 1. The van der Waals surface area contributed by atoms with Gasteiger partial charge in [-0.3, -0.25) is 4.79 Å². The molecule has 0 aliphatic heterocycles. The minimum absolute atomic E-state index is 0.0742. The predicted octanol–water partition coefficient (Wildman–Crippen LogP) is 1.85. The van der Waals surface area contributed by atoms with E-state index in [9.17, 15) is 4.79 Å². The van der Waals surface area contributed by atoms with Gasteiger partial charge in [-0.1, -0.05) is 13.3 Å². The molecule has 3 heteroatoms. The van der Waals surface area contributed by atoms with Crippen LogP contribution in [0.1, 0.15) is 45.4 Å². The molecule has 1 unspecified atom stereocenters. The Bertz CT molecular complexity index is 176. The van der Waals surface area contributed by atoms with E-state index in [2.05, 4.69) is 0 Å². The van der Waals surface area contributed by atoms with Crippen molar-refractivity contribution in [2.45, 2.75) is 51.6 Å². The molecule has 14 heavy (non-hydrogen) atoms. The minimum atomic E-state index is -0.0742. The lowest BCUT2D eigenvalue weighted by atomic mass is 9.98. The summed E-state index contributed by atoms with van der Waals surface area (Å²) >= 11 is 0. The van der Waals surface area contributed by atoms with Crippen molar-refractivity contribution in [1.82, 2.24) is 0 Å². The fourth-order valence-corrected chi connectivity index (χ4v) is 1.78. The molecule has 1 rings (SSSR count). The Morgan fingerprint density at radius 1 is 1.43 bits per heavy atom. The van der Waals surface area contributed by atoms with Gasteiger partial charge in [-0.05, 0) is 38.1 Å². The largest absolute Gasteiger partial charge is 0.462 e. The summed E-state index contributed by atoms with van der Waals surface area (Å²) in [4.78, 5) is 11.4. The van der Waals surface area contributed by atoms with Crippen molar-refractivity contribution in [1.29, 1.82) is 0 Å². The van der Waals surface area contributed by atoms with Gasteiger partial charge in [0, 0.05) is 6.42 Å². The van der Waals surface area contributed by atoms with Crippen molar-refractivity contribution < 1.29 is 9.53 Å². The Balaban J connectivity index is 2.18. The molecule has 1 aliphatic carbocycles. The molecule has 0 heterocycles. The molecular weight excluding hydrogens is 178 g/mol. The second-order valence-electron chi connectivity index (χ2n) is 4.29. The van der Waals surface area contributed by atoms with Crippen LogP contribution in [0.2, 0.25) is 0 Å². The van der Waals surface area contributed by atoms with E-state index in [4.69, 9.17) is 10.5 Å². The molecule has 0 amide bonds. The maximum absolute atomic E-state index is 11.4. The van der Waals surface area contributed by atoms with Gasteiger partial charge in [-0.15, -0.1) is 0 Å². The Hall–Kier alpha value is -0.570. The maximum Gasteiger partial charge on any atom is 0.306 e. The van der Waals surface area contributed by atoms with Crippen molar-refractivity contribution in [2.24, 2.45) is 11.7 Å². The molecule has 82 valence electrons. The van der Waals surface area contributed by atoms with Gasteiger partial charge >= 0.3 is 5.97 Å². The molecule has 3 nitrogen and oxygen atoms in total. The summed E-state index contributed by atoms with van der Waals surface area (Å²) < 4.78 is 5.37. The Morgan fingerprint density at radius 2 is 2.07 bits per heavy atom. The Labute approximate surface area is 86.0 Å². The number of esters is 1. The van der Waals surface area contributed by atoms with Crippen molar-refractivity contribution in [3.63, 3.8) is 0 Å². The standard InChI is InChI=1S/C11H21NO2/c1-9(8-12)7-11(13)14-10-5-3-2-4-6-10/h9-10H,2-8,12H2,1H3. The monoisotopic (exact) mass is 199 g/mol. The highest BCUT2D eigenvalue weighted by Gasteiger charge is 2.18. The van der Waals surface area contributed by atoms with Crippen LogP contribution >= 0.6 is 0 Å². The quantitative estimate of drug-likeness (QED) is 0.703. The van der Waals surface area contributed by atoms with Gasteiger partial charge in [0.2, 0.25) is 0 Å². The van der Waals surface area contributed by atoms with Gasteiger partial charge in [-0.25, -0.2) is 0 Å². The summed E-state index contributed by atoms with van der Waals surface area (Å²) in [5.41, 5.74) is 5.45. The number of carbonyl (C=O) groups is 1. The number of rotatable bonds is 4. The molecule has 0 aromatic carbocycles. The van der Waals surface area contributed by atoms with Crippen LogP contribution in [0.25, 0.3) is 0 Å². The van der Waals surface area contributed by atoms with Gasteiger partial charge in [0.25, 0.3) is 0 Å². The number of hydrogen-bond donors (Lipinski definition) is 1. The molecule has 0 saturated heterocycles. The van der Waals surface area contributed by atoms with E-state index in [1.165, 1.54) is 19.3 Å². The average molecular weight is 199 g/mol. The highest BCUT2D eigenvalue weighted by Crippen LogP contribution is 2.21. The number of ether oxygens (including phenoxy) is 1. The molecule has 0 spiro atoms. The lowest BCUT2D eigenvalue weighted by Gasteiger charge is -2.22. The molecule has 0 aromatic rings. The smallest absolute Gasteiger partial charge is 0.306 e. The molecule has 2 N–H and O–H groups in total. The zero-order chi connectivity index (χ0) is 10.4. The van der Waals surface area contributed by atoms with Crippen LogP contribution in [0.15, 0.2) is 0 Å². The highest BCUT2D eigenvalue weighted by atomic mass is 16.5. The van der Waals surface area contributed by atoms with Gasteiger partial charge in [0.15, 0.2) is 0 Å². The van der Waals surface area contributed by atoms with Crippen LogP contribution in [0.5, 0.6) is 0 Å². The molecule has 1 atom stereocenters. The van der Waals surface area contributed by atoms with Crippen LogP contribution in [-0.4, -0.2) is 18.6 Å². The van der Waals surface area contributed by atoms with E-state index >= 15 is 0 Å². The first-order valence-electron chi connectivity index (χ1n) is 5.62. The summed E-state index contributed by atoms with van der Waals surface area (Å²) in [7, 11) is 0. The van der Waals surface area contributed by atoms with Crippen LogP contribution in [0.3, 0.4) is 0 Å². The fourth-order valence-electron chi connectivity index (χ4n) is 1.78. The highest BCUT2D eigenvalue weighted by molar-refractivity contribution is 5.69. The first kappa shape index (κ1) is 11.5. The maximum atomic E-state index is 11.4. The lowest BCUT2D eigenvalue weighted by molar-refractivity contribution is -0.151. The van der Waals surface area contributed by atoms with E-state index in [1.807, 2.05) is 6.92 Å². The third-order valence-electron chi connectivity index (χ3n) is 2.77. The van der Waals surface area contributed by atoms with Crippen molar-refractivity contribution >= 4 is 5.97 Å². The van der Waals surface area contributed by atoms with E-state index in [0.29, 0.717) is 13.0 Å². The SMILES string of the molecule is CC(CN)CC(=O)OC1CCCCC1. The zero-order valence-corrected chi connectivity index (χ0v) is 9.00. The lowest BCUT2D eigenvalue weighted by Crippen LogP contribution is -2.23. The van der Waals surface area contributed by atoms with E-state index in [-0.39, 0.29) is 18.0 Å². The van der Waals surface area contributed by atoms with Crippen LogP contribution in [0, 0.1) is 5.92 Å². The summed E-state index contributed by atoms with van der Waals surface area (Å²) in [6, 6.07) is 0. The number of hydrogen-bond acceptors (Lipinski definition) is 3. The van der Waals surface area contributed by atoms with Crippen molar-refractivity contribution in [3.8, 4) is 0 Å². The Morgan fingerprint density at radius 3 is 2.64 bits per heavy atom. The third kappa shape index (κ3) is 4.09. The first-order valence-corrected chi connectivity index (χ1v) is 5.62. The molecule has 0 bridgehead atoms. The Kier molecular flexibility index (Phi) is 4.94. The van der Waals surface area contributed by atoms with E-state index < -0.39 is 0 Å². The molecule has 1 saturated carbocycles. The van der Waals surface area contributed by atoms with Crippen LogP contribution in [0.4, 0.5) is 0 Å². The van der Waals surface area contributed by atoms with E-state index in [1.54, 1.807) is 0 Å². The van der Waals surface area contributed by atoms with Crippen LogP contribution in [-0.2, 0) is 9.53 Å². The van der Waals surface area contributed by atoms with Crippen LogP contribution < -0.4 is 5.73 Å². The summed E-state index contributed by atoms with van der Waals surface area (Å²) in [6.45, 7) is 2.53. The normalized spacial score (nSPS) is 20.4. The molecule has 0 aromatic heterocycles. The van der Waals surface area contributed by atoms with Crippen molar-refractivity contribution in [3.05, 3.63) is 0 Å². The molecular formula is C11H21NO2. The second-order valence-corrected chi connectivity index (χ2v) is 4.29. The minimum Gasteiger partial charge on any atom is -0.462 e. The topological polar surface area (TPSA) is 52.3 Å². The average Bonchev–Trinajstić information content (AvgIpc) is 2.19. The first-order chi connectivity index (χ1) is 6.72. The van der Waals surface area contributed by atoms with Gasteiger partial charge < -0.3 is 10.5 Å². The van der Waals surface area contributed by atoms with Gasteiger partial charge in [0.05, 0.1) is 0 Å². The zero-order valence-electron chi connectivity index (χ0n) is 9.00. The van der Waals surface area contributed by atoms with Gasteiger partial charge in [0.1, 0.15) is 6.10 Å².